The van der Waals surface area contributed by atoms with Crippen LogP contribution >= 0.6 is 0 Å². The Morgan fingerprint density at radius 1 is 1.15 bits per heavy atom. The third kappa shape index (κ3) is 3.61. The first kappa shape index (κ1) is 22.1. The summed E-state index contributed by atoms with van der Waals surface area (Å²) in [5.41, 5.74) is 3.36. The van der Waals surface area contributed by atoms with Gasteiger partial charge in [0.1, 0.15) is 5.82 Å². The molecular weight excluding hydrogens is 433 g/mol. The van der Waals surface area contributed by atoms with Crippen LogP contribution in [0.25, 0.3) is 11.8 Å². The number of methoxy groups -OCH3 is 1. The molecule has 1 amide bonds. The fourth-order valence-corrected chi connectivity index (χ4v) is 5.32. The number of benzene rings is 2. The van der Waals surface area contributed by atoms with Gasteiger partial charge in [-0.05, 0) is 73.7 Å². The van der Waals surface area contributed by atoms with Crippen molar-refractivity contribution >= 4 is 18.0 Å². The van der Waals surface area contributed by atoms with Crippen LogP contribution in [0.1, 0.15) is 40.9 Å². The number of hydrogen-bond acceptors (Lipinski definition) is 4. The van der Waals surface area contributed by atoms with Crippen molar-refractivity contribution in [1.29, 1.82) is 0 Å². The number of carbonyl (C=O) groups is 2. The fraction of sp³-hybridized carbons (Fsp3) is 0.296. The van der Waals surface area contributed by atoms with Crippen LogP contribution < -0.4 is 0 Å². The normalized spacial score (nSPS) is 21.1. The van der Waals surface area contributed by atoms with Crippen molar-refractivity contribution in [3.8, 4) is 5.69 Å². The molecule has 2 aromatic carbocycles. The highest BCUT2D eigenvalue weighted by Crippen LogP contribution is 2.50. The van der Waals surface area contributed by atoms with Gasteiger partial charge in [0.25, 0.3) is 5.91 Å². The highest BCUT2D eigenvalue weighted by molar-refractivity contribution is 5.94. The summed E-state index contributed by atoms with van der Waals surface area (Å²) in [5.74, 6) is -0.650. The van der Waals surface area contributed by atoms with Crippen LogP contribution in [0.2, 0.25) is 0 Å². The zero-order chi connectivity index (χ0) is 23.9. The molecule has 7 heteroatoms. The Labute approximate surface area is 197 Å². The molecule has 1 heterocycles. The molecule has 1 saturated carbocycles. The zero-order valence-electron chi connectivity index (χ0n) is 19.2. The van der Waals surface area contributed by atoms with Gasteiger partial charge in [-0.25, -0.2) is 9.07 Å². The highest BCUT2D eigenvalue weighted by atomic mass is 19.1. The predicted octanol–water partition coefficient (Wildman–Crippen LogP) is 4.44. The molecule has 1 fully saturated rings. The lowest BCUT2D eigenvalue weighted by molar-refractivity contribution is -0.152. The lowest BCUT2D eigenvalue weighted by atomic mass is 9.62. The zero-order valence-corrected chi connectivity index (χ0v) is 19.2. The molecule has 0 aliphatic heterocycles. The molecule has 0 bridgehead atoms. The maximum Gasteiger partial charge on any atom is 0.316 e. The molecule has 6 nitrogen and oxygen atoms in total. The Balaban J connectivity index is 1.48. The topological polar surface area (TPSA) is 64.4 Å². The largest absolute Gasteiger partial charge is 0.468 e. The number of ether oxygens (including phenoxy) is 1. The smallest absolute Gasteiger partial charge is 0.316 e. The minimum atomic E-state index is -0.841. The van der Waals surface area contributed by atoms with Gasteiger partial charge in [0.15, 0.2) is 0 Å². The van der Waals surface area contributed by atoms with Gasteiger partial charge in [-0.15, -0.1) is 0 Å². The van der Waals surface area contributed by atoms with Crippen LogP contribution in [-0.2, 0) is 16.0 Å². The maximum atomic E-state index is 13.4. The highest BCUT2D eigenvalue weighted by Gasteiger charge is 2.51. The number of hydrogen-bond donors (Lipinski definition) is 0. The predicted molar refractivity (Wildman–Crippen MR) is 126 cm³/mol. The van der Waals surface area contributed by atoms with Gasteiger partial charge >= 0.3 is 5.97 Å². The van der Waals surface area contributed by atoms with E-state index in [1.165, 1.54) is 19.2 Å². The van der Waals surface area contributed by atoms with E-state index in [4.69, 9.17) is 4.74 Å². The van der Waals surface area contributed by atoms with Gasteiger partial charge in [0.2, 0.25) is 0 Å². The van der Waals surface area contributed by atoms with Crippen LogP contribution in [0.4, 0.5) is 4.39 Å². The van der Waals surface area contributed by atoms with E-state index in [0.29, 0.717) is 24.8 Å². The lowest BCUT2D eigenvalue weighted by Gasteiger charge is -2.45. The van der Waals surface area contributed by atoms with E-state index in [-0.39, 0.29) is 23.7 Å². The number of amides is 1. The lowest BCUT2D eigenvalue weighted by Crippen LogP contribution is -2.49. The number of carbonyl (C=O) groups excluding carboxylic acids is 2. The Kier molecular flexibility index (Phi) is 5.55. The van der Waals surface area contributed by atoms with Crippen molar-refractivity contribution in [2.45, 2.75) is 31.7 Å². The Morgan fingerprint density at radius 3 is 2.59 bits per heavy atom. The van der Waals surface area contributed by atoms with E-state index >= 15 is 0 Å². The molecule has 1 aromatic heterocycles. The Hall–Kier alpha value is -3.74. The number of fused-ring (bicyclic) bond motifs is 2. The first-order chi connectivity index (χ1) is 16.4. The standard InChI is InChI=1S/C27H26FN3O3/c1-30(25(32)18-6-4-3-5-7-18)23-11-8-20-14-24-19(15-27(20,16-23)26(33)34-2)17-29-31(24)22-12-9-21(28)10-13-22/h3-7,9-10,12-14,17,23H,8,11,15-16H2,1-2H3/t23-,27-/m0/s1. The van der Waals surface area contributed by atoms with Gasteiger partial charge in [0, 0.05) is 18.7 Å². The number of rotatable bonds is 4. The van der Waals surface area contributed by atoms with Gasteiger partial charge in [-0.3, -0.25) is 9.59 Å². The third-order valence-electron chi connectivity index (χ3n) is 7.17. The fourth-order valence-electron chi connectivity index (χ4n) is 5.32. The van der Waals surface area contributed by atoms with Crippen LogP contribution in [0.15, 0.2) is 66.4 Å². The third-order valence-corrected chi connectivity index (χ3v) is 7.17. The molecule has 3 aromatic rings. The molecule has 5 rings (SSSR count). The first-order valence-corrected chi connectivity index (χ1v) is 11.4. The van der Waals surface area contributed by atoms with Gasteiger partial charge in [0.05, 0.1) is 30.1 Å². The molecule has 34 heavy (non-hydrogen) atoms. The van der Waals surface area contributed by atoms with Gasteiger partial charge < -0.3 is 9.64 Å². The second-order valence-corrected chi connectivity index (χ2v) is 9.04. The number of aromatic nitrogens is 2. The van der Waals surface area contributed by atoms with Crippen LogP contribution in [0.5, 0.6) is 0 Å². The summed E-state index contributed by atoms with van der Waals surface area (Å²) in [6.07, 6.45) is 6.15. The molecule has 174 valence electrons. The minimum Gasteiger partial charge on any atom is -0.468 e. The van der Waals surface area contributed by atoms with E-state index in [1.807, 2.05) is 24.3 Å². The molecule has 2 aliphatic rings. The molecule has 2 atom stereocenters. The van der Waals surface area contributed by atoms with E-state index in [0.717, 1.165) is 28.9 Å². The summed E-state index contributed by atoms with van der Waals surface area (Å²) >= 11 is 0. The van der Waals surface area contributed by atoms with Gasteiger partial charge in [-0.2, -0.15) is 5.10 Å². The maximum absolute atomic E-state index is 13.4. The van der Waals surface area contributed by atoms with Gasteiger partial charge in [-0.1, -0.05) is 23.8 Å². The summed E-state index contributed by atoms with van der Waals surface area (Å²) in [6.45, 7) is 0. The number of nitrogens with zero attached hydrogens (tertiary/aromatic N) is 3. The molecule has 0 N–H and O–H groups in total. The molecule has 0 radical (unpaired) electrons. The Bertz CT molecular complexity index is 1270. The number of esters is 1. The molecule has 0 saturated heterocycles. The van der Waals surface area contributed by atoms with Crippen molar-refractivity contribution in [2.75, 3.05) is 14.2 Å². The molecule has 2 aliphatic carbocycles. The van der Waals surface area contributed by atoms with E-state index < -0.39 is 5.41 Å². The van der Waals surface area contributed by atoms with Crippen LogP contribution in [0, 0.1) is 11.2 Å². The van der Waals surface area contributed by atoms with E-state index in [9.17, 15) is 14.0 Å². The number of halogens is 1. The van der Waals surface area contributed by atoms with Crippen LogP contribution in [-0.4, -0.2) is 46.8 Å². The van der Waals surface area contributed by atoms with E-state index in [2.05, 4.69) is 5.10 Å². The second kappa shape index (κ2) is 8.56. The van der Waals surface area contributed by atoms with E-state index in [1.54, 1.807) is 47.1 Å². The Morgan fingerprint density at radius 2 is 1.88 bits per heavy atom. The average molecular weight is 460 g/mol. The molecular formula is C27H26FN3O3. The minimum absolute atomic E-state index is 0.0568. The molecule has 0 spiro atoms. The van der Waals surface area contributed by atoms with Crippen molar-refractivity contribution in [2.24, 2.45) is 5.41 Å². The van der Waals surface area contributed by atoms with Crippen LogP contribution in [0.3, 0.4) is 0 Å². The average Bonchev–Trinajstić information content (AvgIpc) is 3.28. The summed E-state index contributed by atoms with van der Waals surface area (Å²) in [4.78, 5) is 28.1. The van der Waals surface area contributed by atoms with Crippen molar-refractivity contribution in [3.63, 3.8) is 0 Å². The monoisotopic (exact) mass is 459 g/mol. The summed E-state index contributed by atoms with van der Waals surface area (Å²) < 4.78 is 20.5. The second-order valence-electron chi connectivity index (χ2n) is 9.04. The summed E-state index contributed by atoms with van der Waals surface area (Å²) in [5, 5.41) is 4.53. The quantitative estimate of drug-likeness (QED) is 0.542. The van der Waals surface area contributed by atoms with Crippen molar-refractivity contribution in [1.82, 2.24) is 14.7 Å². The summed E-state index contributed by atoms with van der Waals surface area (Å²) in [7, 11) is 3.22. The van der Waals surface area contributed by atoms with Crippen molar-refractivity contribution < 1.29 is 18.7 Å². The first-order valence-electron chi connectivity index (χ1n) is 11.4. The summed E-state index contributed by atoms with van der Waals surface area (Å²) in [6, 6.07) is 15.3. The SMILES string of the molecule is COC(=O)[C@]12Cc3cnn(-c4ccc(F)cc4)c3C=C1CC[C@H](N(C)C(=O)c1ccccc1)C2. The van der Waals surface area contributed by atoms with Crippen molar-refractivity contribution in [3.05, 3.63) is 89.0 Å². The molecule has 0 unspecified atom stereocenters.